The normalized spacial score (nSPS) is 10.5. The molecule has 0 aliphatic rings. The number of para-hydroxylation sites is 1. The zero-order chi connectivity index (χ0) is 16.1. The van der Waals surface area contributed by atoms with Crippen molar-refractivity contribution >= 4 is 11.6 Å². The third-order valence-corrected chi connectivity index (χ3v) is 3.43. The SMILES string of the molecule is O=C(CCc1cnoc1-c1ccc(F)cc1)Nc1ccccc1. The minimum atomic E-state index is -0.308. The number of hydrogen-bond acceptors (Lipinski definition) is 3. The molecule has 0 bridgehead atoms. The van der Waals surface area contributed by atoms with Gasteiger partial charge in [-0.2, -0.15) is 0 Å². The van der Waals surface area contributed by atoms with E-state index in [1.54, 1.807) is 18.3 Å². The van der Waals surface area contributed by atoms with Crippen molar-refractivity contribution in [1.82, 2.24) is 5.16 Å². The van der Waals surface area contributed by atoms with E-state index in [9.17, 15) is 9.18 Å². The predicted molar refractivity (Wildman–Crippen MR) is 85.3 cm³/mol. The maximum absolute atomic E-state index is 13.0. The van der Waals surface area contributed by atoms with Crippen molar-refractivity contribution in [2.24, 2.45) is 0 Å². The molecule has 0 aliphatic heterocycles. The van der Waals surface area contributed by atoms with Gasteiger partial charge in [0.2, 0.25) is 5.91 Å². The molecule has 1 heterocycles. The molecular formula is C18H15FN2O2. The average molecular weight is 310 g/mol. The minimum Gasteiger partial charge on any atom is -0.356 e. The third kappa shape index (κ3) is 3.83. The Labute approximate surface area is 132 Å². The number of amides is 1. The Morgan fingerprint density at radius 1 is 1.09 bits per heavy atom. The second kappa shape index (κ2) is 6.87. The van der Waals surface area contributed by atoms with Gasteiger partial charge in [0.05, 0.1) is 6.20 Å². The largest absolute Gasteiger partial charge is 0.356 e. The Balaban J connectivity index is 1.64. The fraction of sp³-hybridized carbons (Fsp3) is 0.111. The van der Waals surface area contributed by atoms with E-state index in [4.69, 9.17) is 4.52 Å². The molecule has 4 nitrogen and oxygen atoms in total. The van der Waals surface area contributed by atoms with E-state index in [1.807, 2.05) is 30.3 Å². The zero-order valence-corrected chi connectivity index (χ0v) is 12.3. The number of carbonyl (C=O) groups is 1. The first kappa shape index (κ1) is 15.0. The molecule has 1 aromatic heterocycles. The van der Waals surface area contributed by atoms with E-state index < -0.39 is 0 Å². The number of rotatable bonds is 5. The number of nitrogens with zero attached hydrogens (tertiary/aromatic N) is 1. The van der Waals surface area contributed by atoms with Crippen molar-refractivity contribution < 1.29 is 13.7 Å². The molecule has 0 atom stereocenters. The molecular weight excluding hydrogens is 295 g/mol. The highest BCUT2D eigenvalue weighted by molar-refractivity contribution is 5.90. The van der Waals surface area contributed by atoms with Crippen LogP contribution in [0.25, 0.3) is 11.3 Å². The standard InChI is InChI=1S/C18H15FN2O2/c19-15-9-6-13(7-10-15)18-14(12-20-23-18)8-11-17(22)21-16-4-2-1-3-5-16/h1-7,9-10,12H,8,11H2,(H,21,22). The number of nitrogens with one attached hydrogen (secondary N) is 1. The smallest absolute Gasteiger partial charge is 0.224 e. The Morgan fingerprint density at radius 2 is 1.83 bits per heavy atom. The van der Waals surface area contributed by atoms with Gasteiger partial charge in [-0.1, -0.05) is 23.4 Å². The minimum absolute atomic E-state index is 0.0811. The molecule has 0 aliphatic carbocycles. The predicted octanol–water partition coefficient (Wildman–Crippen LogP) is 4.05. The van der Waals surface area contributed by atoms with Gasteiger partial charge in [0, 0.05) is 23.2 Å². The van der Waals surface area contributed by atoms with Crippen LogP contribution < -0.4 is 5.32 Å². The van der Waals surface area contributed by atoms with Crippen LogP contribution in [0.15, 0.2) is 65.3 Å². The molecule has 116 valence electrons. The van der Waals surface area contributed by atoms with E-state index in [-0.39, 0.29) is 11.7 Å². The van der Waals surface area contributed by atoms with Gasteiger partial charge in [-0.05, 0) is 42.8 Å². The summed E-state index contributed by atoms with van der Waals surface area (Å²) in [6.45, 7) is 0. The van der Waals surface area contributed by atoms with Crippen LogP contribution in [0, 0.1) is 5.82 Å². The van der Waals surface area contributed by atoms with Crippen LogP contribution in [0.2, 0.25) is 0 Å². The Bertz CT molecular complexity index is 782. The lowest BCUT2D eigenvalue weighted by molar-refractivity contribution is -0.116. The van der Waals surface area contributed by atoms with Gasteiger partial charge in [0.15, 0.2) is 5.76 Å². The topological polar surface area (TPSA) is 55.1 Å². The first-order valence-electron chi connectivity index (χ1n) is 7.27. The highest BCUT2D eigenvalue weighted by atomic mass is 19.1. The summed E-state index contributed by atoms with van der Waals surface area (Å²) in [4.78, 5) is 12.0. The summed E-state index contributed by atoms with van der Waals surface area (Å²) < 4.78 is 18.2. The molecule has 0 saturated carbocycles. The molecule has 5 heteroatoms. The molecule has 3 rings (SSSR count). The van der Waals surface area contributed by atoms with Crippen LogP contribution in [-0.4, -0.2) is 11.1 Å². The van der Waals surface area contributed by atoms with Crippen LogP contribution in [0.3, 0.4) is 0 Å². The molecule has 1 N–H and O–H groups in total. The number of aromatic nitrogens is 1. The van der Waals surface area contributed by atoms with E-state index in [0.29, 0.717) is 18.6 Å². The highest BCUT2D eigenvalue weighted by Crippen LogP contribution is 2.24. The molecule has 0 fully saturated rings. The van der Waals surface area contributed by atoms with Gasteiger partial charge in [-0.3, -0.25) is 4.79 Å². The van der Waals surface area contributed by atoms with E-state index in [2.05, 4.69) is 10.5 Å². The summed E-state index contributed by atoms with van der Waals surface area (Å²) in [6.07, 6.45) is 2.40. The van der Waals surface area contributed by atoms with Crippen molar-refractivity contribution in [1.29, 1.82) is 0 Å². The molecule has 23 heavy (non-hydrogen) atoms. The van der Waals surface area contributed by atoms with Gasteiger partial charge in [0.25, 0.3) is 0 Å². The van der Waals surface area contributed by atoms with Crippen molar-refractivity contribution in [3.63, 3.8) is 0 Å². The molecule has 0 unspecified atom stereocenters. The van der Waals surface area contributed by atoms with Crippen LogP contribution in [0.4, 0.5) is 10.1 Å². The first-order chi connectivity index (χ1) is 11.2. The summed E-state index contributed by atoms with van der Waals surface area (Å²) in [5.41, 5.74) is 2.32. The fourth-order valence-electron chi connectivity index (χ4n) is 2.27. The lowest BCUT2D eigenvalue weighted by Gasteiger charge is -2.05. The van der Waals surface area contributed by atoms with Gasteiger partial charge < -0.3 is 9.84 Å². The number of carbonyl (C=O) groups excluding carboxylic acids is 1. The van der Waals surface area contributed by atoms with E-state index in [1.165, 1.54) is 12.1 Å². The molecule has 3 aromatic rings. The second-order valence-corrected chi connectivity index (χ2v) is 5.10. The van der Waals surface area contributed by atoms with E-state index >= 15 is 0 Å². The lowest BCUT2D eigenvalue weighted by atomic mass is 10.1. The summed E-state index contributed by atoms with van der Waals surface area (Å²) in [5, 5.41) is 6.61. The summed E-state index contributed by atoms with van der Waals surface area (Å²) in [5.74, 6) is 0.178. The number of aryl methyl sites for hydroxylation is 1. The van der Waals surface area contributed by atoms with Gasteiger partial charge >= 0.3 is 0 Å². The van der Waals surface area contributed by atoms with Gasteiger partial charge in [0.1, 0.15) is 5.82 Å². The fourth-order valence-corrected chi connectivity index (χ4v) is 2.27. The van der Waals surface area contributed by atoms with Gasteiger partial charge in [-0.15, -0.1) is 0 Å². The van der Waals surface area contributed by atoms with Crippen molar-refractivity contribution in [3.8, 4) is 11.3 Å². The maximum atomic E-state index is 13.0. The van der Waals surface area contributed by atoms with Crippen molar-refractivity contribution in [3.05, 3.63) is 72.2 Å². The molecule has 0 saturated heterocycles. The summed E-state index contributed by atoms with van der Waals surface area (Å²) >= 11 is 0. The Kier molecular flexibility index (Phi) is 4.47. The molecule has 1 amide bonds. The highest BCUT2D eigenvalue weighted by Gasteiger charge is 2.12. The number of hydrogen-bond donors (Lipinski definition) is 1. The lowest BCUT2D eigenvalue weighted by Crippen LogP contribution is -2.12. The average Bonchev–Trinajstić information content (AvgIpc) is 3.03. The summed E-state index contributed by atoms with van der Waals surface area (Å²) in [6, 6.07) is 15.3. The van der Waals surface area contributed by atoms with E-state index in [0.717, 1.165) is 16.8 Å². The monoisotopic (exact) mass is 310 g/mol. The van der Waals surface area contributed by atoms with Crippen molar-refractivity contribution in [2.75, 3.05) is 5.32 Å². The number of halogens is 1. The maximum Gasteiger partial charge on any atom is 0.224 e. The third-order valence-electron chi connectivity index (χ3n) is 3.43. The zero-order valence-electron chi connectivity index (χ0n) is 12.3. The Hall–Kier alpha value is -2.95. The quantitative estimate of drug-likeness (QED) is 0.773. The molecule has 2 aromatic carbocycles. The Morgan fingerprint density at radius 3 is 2.57 bits per heavy atom. The summed E-state index contributed by atoms with van der Waals surface area (Å²) in [7, 11) is 0. The van der Waals surface area contributed by atoms with Crippen LogP contribution in [-0.2, 0) is 11.2 Å². The second-order valence-electron chi connectivity index (χ2n) is 5.10. The van der Waals surface area contributed by atoms with Crippen LogP contribution >= 0.6 is 0 Å². The first-order valence-corrected chi connectivity index (χ1v) is 7.27. The van der Waals surface area contributed by atoms with Gasteiger partial charge in [-0.25, -0.2) is 4.39 Å². The van der Waals surface area contributed by atoms with Crippen LogP contribution in [0.5, 0.6) is 0 Å². The molecule has 0 radical (unpaired) electrons. The number of benzene rings is 2. The number of anilines is 1. The van der Waals surface area contributed by atoms with Crippen LogP contribution in [0.1, 0.15) is 12.0 Å². The van der Waals surface area contributed by atoms with Crippen molar-refractivity contribution in [2.45, 2.75) is 12.8 Å². The molecule has 0 spiro atoms.